The first-order valence-electron chi connectivity index (χ1n) is 5.96. The molecule has 0 bridgehead atoms. The van der Waals surface area contributed by atoms with Gasteiger partial charge in [-0.2, -0.15) is 0 Å². The fourth-order valence-corrected chi connectivity index (χ4v) is 1.26. The zero-order valence-electron chi connectivity index (χ0n) is 11.3. The van der Waals surface area contributed by atoms with Gasteiger partial charge >= 0.3 is 6.09 Å². The molecule has 1 heterocycles. The third-order valence-corrected chi connectivity index (χ3v) is 1.96. The lowest BCUT2D eigenvalue weighted by atomic mass is 10.2. The van der Waals surface area contributed by atoms with E-state index in [1.807, 2.05) is 0 Å². The maximum absolute atomic E-state index is 11.3. The van der Waals surface area contributed by atoms with E-state index in [1.54, 1.807) is 51.1 Å². The predicted molar refractivity (Wildman–Crippen MR) is 72.9 cm³/mol. The Hall–Kier alpha value is -2.17. The van der Waals surface area contributed by atoms with Gasteiger partial charge in [0.2, 0.25) is 0 Å². The fraction of sp³-hybridized carbons (Fsp3) is 0.357. The van der Waals surface area contributed by atoms with Crippen LogP contribution >= 0.6 is 0 Å². The van der Waals surface area contributed by atoms with E-state index < -0.39 is 11.7 Å². The van der Waals surface area contributed by atoms with Crippen molar-refractivity contribution in [3.63, 3.8) is 0 Å². The van der Waals surface area contributed by atoms with Crippen LogP contribution in [0.1, 0.15) is 37.0 Å². The number of aromatic nitrogens is 1. The molecule has 0 aromatic carbocycles. The minimum Gasteiger partial charge on any atom is -0.444 e. The van der Waals surface area contributed by atoms with E-state index in [-0.39, 0.29) is 0 Å². The van der Waals surface area contributed by atoms with Crippen molar-refractivity contribution in [3.8, 4) is 0 Å². The summed E-state index contributed by atoms with van der Waals surface area (Å²) in [6.45, 7) is 5.74. The molecule has 0 aliphatic heterocycles. The minimum absolute atomic E-state index is 0.335. The highest BCUT2D eigenvalue weighted by atomic mass is 16.6. The maximum Gasteiger partial charge on any atom is 0.407 e. The van der Waals surface area contributed by atoms with Crippen molar-refractivity contribution in [2.24, 2.45) is 0 Å². The van der Waals surface area contributed by atoms with Gasteiger partial charge in [0.15, 0.2) is 6.29 Å². The molecule has 0 atom stereocenters. The first-order chi connectivity index (χ1) is 8.90. The number of carbonyl (C=O) groups is 2. The largest absolute Gasteiger partial charge is 0.444 e. The number of ether oxygens (including phenoxy) is 1. The van der Waals surface area contributed by atoms with Crippen LogP contribution in [0.25, 0.3) is 6.08 Å². The van der Waals surface area contributed by atoms with Gasteiger partial charge < -0.3 is 10.1 Å². The molecule has 1 aromatic rings. The summed E-state index contributed by atoms with van der Waals surface area (Å²) in [4.78, 5) is 26.0. The van der Waals surface area contributed by atoms with Crippen LogP contribution in [-0.4, -0.2) is 29.5 Å². The van der Waals surface area contributed by atoms with Gasteiger partial charge in [-0.3, -0.25) is 4.79 Å². The molecule has 1 aromatic heterocycles. The number of pyridine rings is 1. The number of amides is 1. The van der Waals surface area contributed by atoms with Crippen molar-refractivity contribution in [1.82, 2.24) is 10.3 Å². The summed E-state index contributed by atoms with van der Waals surface area (Å²) in [5, 5.41) is 2.59. The van der Waals surface area contributed by atoms with E-state index >= 15 is 0 Å². The molecular weight excluding hydrogens is 244 g/mol. The molecule has 0 saturated heterocycles. The molecule has 5 heteroatoms. The van der Waals surface area contributed by atoms with Crippen molar-refractivity contribution < 1.29 is 14.3 Å². The van der Waals surface area contributed by atoms with Gasteiger partial charge in [0.25, 0.3) is 0 Å². The van der Waals surface area contributed by atoms with Crippen LogP contribution in [0, 0.1) is 0 Å². The van der Waals surface area contributed by atoms with Gasteiger partial charge in [-0.15, -0.1) is 0 Å². The standard InChI is InChI=1S/C14H18N2O3/c1-14(2,3)19-13(18)15-9-5-8-11-6-4-7-12(10-17)16-11/h4-8,10H,9H2,1-3H3,(H,15,18). The quantitative estimate of drug-likeness (QED) is 0.846. The fourth-order valence-electron chi connectivity index (χ4n) is 1.26. The molecule has 0 aliphatic rings. The van der Waals surface area contributed by atoms with Crippen LogP contribution in [0.5, 0.6) is 0 Å². The average Bonchev–Trinajstić information content (AvgIpc) is 2.33. The van der Waals surface area contributed by atoms with Gasteiger partial charge in [-0.25, -0.2) is 9.78 Å². The Bertz CT molecular complexity index is 476. The van der Waals surface area contributed by atoms with E-state index in [0.717, 1.165) is 0 Å². The molecule has 0 spiro atoms. The Morgan fingerprint density at radius 3 is 2.68 bits per heavy atom. The van der Waals surface area contributed by atoms with E-state index in [4.69, 9.17) is 4.74 Å². The third kappa shape index (κ3) is 6.35. The molecule has 1 N–H and O–H groups in total. The number of aldehydes is 1. The number of nitrogens with one attached hydrogen (secondary N) is 1. The molecule has 19 heavy (non-hydrogen) atoms. The number of hydrogen-bond acceptors (Lipinski definition) is 4. The highest BCUT2D eigenvalue weighted by Gasteiger charge is 2.14. The Kier molecular flexibility index (Phi) is 5.23. The van der Waals surface area contributed by atoms with Crippen LogP contribution in [0.3, 0.4) is 0 Å². The average molecular weight is 262 g/mol. The molecule has 0 unspecified atom stereocenters. The summed E-state index contributed by atoms with van der Waals surface area (Å²) in [5.74, 6) is 0. The number of carbonyl (C=O) groups excluding carboxylic acids is 2. The van der Waals surface area contributed by atoms with Gasteiger partial charge in [0, 0.05) is 6.54 Å². The van der Waals surface area contributed by atoms with Crippen molar-refractivity contribution in [3.05, 3.63) is 35.7 Å². The Morgan fingerprint density at radius 1 is 1.37 bits per heavy atom. The molecule has 0 saturated carbocycles. The molecule has 1 amide bonds. The first-order valence-corrected chi connectivity index (χ1v) is 5.96. The van der Waals surface area contributed by atoms with Gasteiger partial charge in [-0.1, -0.05) is 12.1 Å². The second-order valence-corrected chi connectivity index (χ2v) is 4.89. The highest BCUT2D eigenvalue weighted by Crippen LogP contribution is 2.06. The normalized spacial score (nSPS) is 11.3. The molecular formula is C14H18N2O3. The summed E-state index contributed by atoms with van der Waals surface area (Å²) >= 11 is 0. The summed E-state index contributed by atoms with van der Waals surface area (Å²) in [6.07, 6.45) is 3.69. The summed E-state index contributed by atoms with van der Waals surface area (Å²) in [5.41, 5.74) is 0.533. The summed E-state index contributed by atoms with van der Waals surface area (Å²) < 4.78 is 5.08. The predicted octanol–water partition coefficient (Wildman–Crippen LogP) is 2.43. The lowest BCUT2D eigenvalue weighted by Gasteiger charge is -2.19. The van der Waals surface area contributed by atoms with Gasteiger partial charge in [0.1, 0.15) is 11.3 Å². The SMILES string of the molecule is CC(C)(C)OC(=O)NCC=Cc1cccc(C=O)n1. The Morgan fingerprint density at radius 2 is 2.05 bits per heavy atom. The highest BCUT2D eigenvalue weighted by molar-refractivity contribution is 5.72. The van der Waals surface area contributed by atoms with Gasteiger partial charge in [-0.05, 0) is 39.0 Å². The van der Waals surface area contributed by atoms with E-state index in [2.05, 4.69) is 10.3 Å². The van der Waals surface area contributed by atoms with Crippen LogP contribution in [0.4, 0.5) is 4.79 Å². The third-order valence-electron chi connectivity index (χ3n) is 1.96. The molecule has 5 nitrogen and oxygen atoms in total. The lowest BCUT2D eigenvalue weighted by molar-refractivity contribution is 0.0534. The number of nitrogens with zero attached hydrogens (tertiary/aromatic N) is 1. The molecule has 0 radical (unpaired) electrons. The van der Waals surface area contributed by atoms with Crippen LogP contribution in [-0.2, 0) is 4.74 Å². The van der Waals surface area contributed by atoms with Crippen LogP contribution in [0.2, 0.25) is 0 Å². The van der Waals surface area contributed by atoms with Crippen molar-refractivity contribution in [2.75, 3.05) is 6.54 Å². The Labute approximate surface area is 112 Å². The second kappa shape index (κ2) is 6.68. The summed E-state index contributed by atoms with van der Waals surface area (Å²) in [7, 11) is 0. The second-order valence-electron chi connectivity index (χ2n) is 4.89. The molecule has 0 fully saturated rings. The smallest absolute Gasteiger partial charge is 0.407 e. The Balaban J connectivity index is 2.42. The minimum atomic E-state index is -0.506. The van der Waals surface area contributed by atoms with Gasteiger partial charge in [0.05, 0.1) is 5.69 Å². The van der Waals surface area contributed by atoms with Crippen LogP contribution < -0.4 is 5.32 Å². The zero-order valence-corrected chi connectivity index (χ0v) is 11.3. The number of alkyl carbamates (subject to hydrolysis) is 1. The monoisotopic (exact) mass is 262 g/mol. The number of rotatable bonds is 4. The zero-order chi connectivity index (χ0) is 14.3. The molecule has 0 aliphatic carbocycles. The molecule has 102 valence electrons. The summed E-state index contributed by atoms with van der Waals surface area (Å²) in [6, 6.07) is 5.15. The van der Waals surface area contributed by atoms with E-state index in [0.29, 0.717) is 24.2 Å². The van der Waals surface area contributed by atoms with Crippen molar-refractivity contribution in [1.29, 1.82) is 0 Å². The topological polar surface area (TPSA) is 68.3 Å². The van der Waals surface area contributed by atoms with E-state index in [9.17, 15) is 9.59 Å². The molecule has 1 rings (SSSR count). The van der Waals surface area contributed by atoms with Crippen molar-refractivity contribution >= 4 is 18.5 Å². The van der Waals surface area contributed by atoms with Crippen molar-refractivity contribution in [2.45, 2.75) is 26.4 Å². The maximum atomic E-state index is 11.3. The first kappa shape index (κ1) is 14.9. The van der Waals surface area contributed by atoms with Crippen LogP contribution in [0.15, 0.2) is 24.3 Å². The lowest BCUT2D eigenvalue weighted by Crippen LogP contribution is -2.32. The van der Waals surface area contributed by atoms with E-state index in [1.165, 1.54) is 0 Å². The number of hydrogen-bond donors (Lipinski definition) is 1.